The van der Waals surface area contributed by atoms with Crippen LogP contribution in [-0.4, -0.2) is 28.2 Å². The quantitative estimate of drug-likeness (QED) is 0.784. The first-order valence-electron chi connectivity index (χ1n) is 4.74. The van der Waals surface area contributed by atoms with Gasteiger partial charge in [0.25, 0.3) is 9.05 Å². The molecule has 0 heterocycles. The molecule has 0 amide bonds. The summed E-state index contributed by atoms with van der Waals surface area (Å²) in [6.45, 7) is 2.09. The molecule has 7 heteroatoms. The number of rotatable bonds is 5. The highest BCUT2D eigenvalue weighted by atomic mass is 35.7. The normalized spacial score (nSPS) is 13.4. The van der Waals surface area contributed by atoms with Crippen LogP contribution in [0.3, 0.4) is 0 Å². The summed E-state index contributed by atoms with van der Waals surface area (Å²) in [4.78, 5) is -0.144. The molecule has 0 aliphatic carbocycles. The summed E-state index contributed by atoms with van der Waals surface area (Å²) in [7, 11) is 2.93. The largest absolute Gasteiger partial charge is 0.487 e. The molecule has 0 radical (unpaired) electrons. The zero-order valence-corrected chi connectivity index (χ0v) is 11.6. The van der Waals surface area contributed by atoms with E-state index in [1.54, 1.807) is 6.92 Å². The van der Waals surface area contributed by atoms with E-state index in [9.17, 15) is 8.42 Å². The summed E-state index contributed by atoms with van der Waals surface area (Å²) < 4.78 is 33.0. The van der Waals surface area contributed by atoms with E-state index < -0.39 is 9.05 Å². The molecule has 1 aromatic carbocycles. The first-order valence-corrected chi connectivity index (χ1v) is 7.43. The third kappa shape index (κ3) is 4.35. The molecular formula is C10H12Cl2O4S. The van der Waals surface area contributed by atoms with Gasteiger partial charge in [-0.2, -0.15) is 0 Å². The second kappa shape index (κ2) is 5.91. The Bertz CT molecular complexity index is 487. The molecule has 1 atom stereocenters. The van der Waals surface area contributed by atoms with Gasteiger partial charge in [-0.15, -0.1) is 0 Å². The Morgan fingerprint density at radius 1 is 1.41 bits per heavy atom. The van der Waals surface area contributed by atoms with Gasteiger partial charge in [-0.05, 0) is 25.1 Å². The van der Waals surface area contributed by atoms with Crippen LogP contribution < -0.4 is 4.74 Å². The van der Waals surface area contributed by atoms with Gasteiger partial charge in [0.05, 0.1) is 6.61 Å². The average molecular weight is 299 g/mol. The highest BCUT2D eigenvalue weighted by molar-refractivity contribution is 8.13. The lowest BCUT2D eigenvalue weighted by Gasteiger charge is -2.15. The molecule has 96 valence electrons. The number of hydrogen-bond acceptors (Lipinski definition) is 4. The van der Waals surface area contributed by atoms with E-state index >= 15 is 0 Å². The Morgan fingerprint density at radius 3 is 2.59 bits per heavy atom. The smallest absolute Gasteiger partial charge is 0.265 e. The van der Waals surface area contributed by atoms with E-state index in [1.807, 2.05) is 0 Å². The van der Waals surface area contributed by atoms with Crippen LogP contribution in [0, 0.1) is 0 Å². The third-order valence-electron chi connectivity index (χ3n) is 1.90. The van der Waals surface area contributed by atoms with E-state index in [0.29, 0.717) is 6.61 Å². The molecule has 0 fully saturated rings. The van der Waals surface area contributed by atoms with Crippen molar-refractivity contribution in [3.8, 4) is 5.75 Å². The van der Waals surface area contributed by atoms with E-state index in [-0.39, 0.29) is 21.8 Å². The maximum Gasteiger partial charge on any atom is 0.265 e. The summed E-state index contributed by atoms with van der Waals surface area (Å²) in [5, 5.41) is 0.274. The van der Waals surface area contributed by atoms with E-state index in [0.717, 1.165) is 0 Å². The number of ether oxygens (including phenoxy) is 2. The SMILES string of the molecule is COC[C@H](C)Oc1ccc(Cl)cc1S(=O)(=O)Cl. The van der Waals surface area contributed by atoms with Crippen molar-refractivity contribution < 1.29 is 17.9 Å². The topological polar surface area (TPSA) is 52.6 Å². The molecule has 0 aromatic heterocycles. The maximum atomic E-state index is 11.3. The second-order valence-corrected chi connectivity index (χ2v) is 6.38. The van der Waals surface area contributed by atoms with Crippen molar-refractivity contribution in [3.05, 3.63) is 23.2 Å². The molecule has 0 N–H and O–H groups in total. The first kappa shape index (κ1) is 14.6. The standard InChI is InChI=1S/C10H12Cl2O4S/c1-7(6-15-2)16-9-4-3-8(11)5-10(9)17(12,13)14/h3-5,7H,6H2,1-2H3/t7-/m0/s1. The zero-order chi connectivity index (χ0) is 13.1. The van der Waals surface area contributed by atoms with Crippen molar-refractivity contribution >= 4 is 31.3 Å². The lowest BCUT2D eigenvalue weighted by atomic mass is 10.3. The Balaban J connectivity index is 3.07. The minimum absolute atomic E-state index is 0.144. The lowest BCUT2D eigenvalue weighted by Crippen LogP contribution is -2.18. The fourth-order valence-corrected chi connectivity index (χ4v) is 2.48. The van der Waals surface area contributed by atoms with Crippen molar-refractivity contribution in [1.82, 2.24) is 0 Å². The number of halogens is 2. The fraction of sp³-hybridized carbons (Fsp3) is 0.400. The Labute approximate surface area is 110 Å². The van der Waals surface area contributed by atoms with Gasteiger partial charge < -0.3 is 9.47 Å². The predicted molar refractivity (Wildman–Crippen MR) is 66.5 cm³/mol. The molecule has 0 spiro atoms. The Hall–Kier alpha value is -0.490. The second-order valence-electron chi connectivity index (χ2n) is 3.41. The van der Waals surface area contributed by atoms with Crippen molar-refractivity contribution in [2.45, 2.75) is 17.9 Å². The Kier molecular flexibility index (Phi) is 5.06. The van der Waals surface area contributed by atoms with E-state index in [2.05, 4.69) is 0 Å². The van der Waals surface area contributed by atoms with Crippen LogP contribution in [0.2, 0.25) is 5.02 Å². The molecule has 4 nitrogen and oxygen atoms in total. The van der Waals surface area contributed by atoms with Crippen molar-refractivity contribution in [2.24, 2.45) is 0 Å². The minimum Gasteiger partial charge on any atom is -0.487 e. The molecule has 0 saturated heterocycles. The number of methoxy groups -OCH3 is 1. The summed E-state index contributed by atoms with van der Waals surface area (Å²) in [6, 6.07) is 4.24. The van der Waals surface area contributed by atoms with Crippen LogP contribution in [0.25, 0.3) is 0 Å². The number of hydrogen-bond donors (Lipinski definition) is 0. The minimum atomic E-state index is -3.89. The Morgan fingerprint density at radius 2 is 2.06 bits per heavy atom. The van der Waals surface area contributed by atoms with Crippen LogP contribution >= 0.6 is 22.3 Å². The van der Waals surface area contributed by atoms with Crippen LogP contribution in [0.1, 0.15) is 6.92 Å². The van der Waals surface area contributed by atoms with Crippen LogP contribution in [0.15, 0.2) is 23.1 Å². The summed E-state index contributed by atoms with van der Waals surface area (Å²) >= 11 is 5.72. The average Bonchev–Trinajstić information content (AvgIpc) is 2.19. The van der Waals surface area contributed by atoms with Gasteiger partial charge in [0.15, 0.2) is 0 Å². The molecule has 0 unspecified atom stereocenters. The van der Waals surface area contributed by atoms with Gasteiger partial charge >= 0.3 is 0 Å². The summed E-state index contributed by atoms with van der Waals surface area (Å²) in [5.41, 5.74) is 0. The zero-order valence-electron chi connectivity index (χ0n) is 9.31. The van der Waals surface area contributed by atoms with E-state index in [4.69, 9.17) is 31.8 Å². The highest BCUT2D eigenvalue weighted by Gasteiger charge is 2.19. The van der Waals surface area contributed by atoms with E-state index in [1.165, 1.54) is 25.3 Å². The highest BCUT2D eigenvalue weighted by Crippen LogP contribution is 2.30. The molecule has 0 aliphatic rings. The lowest BCUT2D eigenvalue weighted by molar-refractivity contribution is 0.0901. The van der Waals surface area contributed by atoms with Crippen LogP contribution in [0.5, 0.6) is 5.75 Å². The van der Waals surface area contributed by atoms with Crippen LogP contribution in [0.4, 0.5) is 0 Å². The maximum absolute atomic E-state index is 11.3. The van der Waals surface area contributed by atoms with Gasteiger partial charge in [-0.1, -0.05) is 11.6 Å². The molecule has 17 heavy (non-hydrogen) atoms. The van der Waals surface area contributed by atoms with Crippen molar-refractivity contribution in [2.75, 3.05) is 13.7 Å². The molecule has 0 aliphatic heterocycles. The van der Waals surface area contributed by atoms with Crippen LogP contribution in [-0.2, 0) is 13.8 Å². The fourth-order valence-electron chi connectivity index (χ4n) is 1.26. The van der Waals surface area contributed by atoms with Crippen molar-refractivity contribution in [3.63, 3.8) is 0 Å². The molecule has 0 saturated carbocycles. The van der Waals surface area contributed by atoms with Gasteiger partial charge in [0.1, 0.15) is 16.7 Å². The van der Waals surface area contributed by atoms with Crippen molar-refractivity contribution in [1.29, 1.82) is 0 Å². The third-order valence-corrected chi connectivity index (χ3v) is 3.48. The first-order chi connectivity index (χ1) is 7.84. The molecular weight excluding hydrogens is 287 g/mol. The predicted octanol–water partition coefficient (Wildman–Crippen LogP) is 2.68. The van der Waals surface area contributed by atoms with Gasteiger partial charge in [0.2, 0.25) is 0 Å². The monoisotopic (exact) mass is 298 g/mol. The number of benzene rings is 1. The summed E-state index contributed by atoms with van der Waals surface area (Å²) in [6.07, 6.45) is -0.293. The summed E-state index contributed by atoms with van der Waals surface area (Å²) in [5.74, 6) is 0.161. The van der Waals surface area contributed by atoms with Gasteiger partial charge in [-0.25, -0.2) is 8.42 Å². The van der Waals surface area contributed by atoms with Gasteiger partial charge in [-0.3, -0.25) is 0 Å². The molecule has 0 bridgehead atoms. The molecule has 1 rings (SSSR count). The molecule has 1 aromatic rings. The van der Waals surface area contributed by atoms with Gasteiger partial charge in [0, 0.05) is 22.8 Å².